The van der Waals surface area contributed by atoms with Crippen LogP contribution in [0.3, 0.4) is 0 Å². The third-order valence-electron chi connectivity index (χ3n) is 4.24. The lowest BCUT2D eigenvalue weighted by atomic mass is 9.93. The summed E-state index contributed by atoms with van der Waals surface area (Å²) in [6.07, 6.45) is 7.65. The van der Waals surface area contributed by atoms with Crippen molar-refractivity contribution in [3.8, 4) is 0 Å². The van der Waals surface area contributed by atoms with Crippen molar-refractivity contribution in [3.63, 3.8) is 0 Å². The van der Waals surface area contributed by atoms with Crippen molar-refractivity contribution >= 4 is 12.0 Å². The normalized spacial score (nSPS) is 21.1. The zero-order chi connectivity index (χ0) is 18.3. The van der Waals surface area contributed by atoms with Gasteiger partial charge >= 0.3 is 6.09 Å². The first-order valence-corrected chi connectivity index (χ1v) is 9.01. The van der Waals surface area contributed by atoms with Crippen molar-refractivity contribution in [2.24, 2.45) is 5.92 Å². The number of nitrogens with zero attached hydrogens (tertiary/aromatic N) is 1. The van der Waals surface area contributed by atoms with E-state index >= 15 is 0 Å². The molecule has 1 aromatic heterocycles. The minimum absolute atomic E-state index is 0.0215. The van der Waals surface area contributed by atoms with E-state index < -0.39 is 11.7 Å². The standard InChI is InChI=1S/C19H29N3O3/c1-19(2,3)25-18(24)22-16-10-6-4-5-9-15(16)17(23)21-13-14-8-7-11-20-12-14/h7-8,11-12,15-16H,4-6,9-10,13H2,1-3H3,(H,21,23)(H,22,24)/t15-,16-/m0/s1. The number of ether oxygens (including phenoxy) is 1. The van der Waals surface area contributed by atoms with E-state index in [9.17, 15) is 9.59 Å². The Hall–Kier alpha value is -2.11. The van der Waals surface area contributed by atoms with Gasteiger partial charge in [0.1, 0.15) is 5.60 Å². The maximum atomic E-state index is 12.7. The van der Waals surface area contributed by atoms with Crippen LogP contribution in [0, 0.1) is 5.92 Å². The Morgan fingerprint density at radius 1 is 1.24 bits per heavy atom. The van der Waals surface area contributed by atoms with Crippen LogP contribution in [0.15, 0.2) is 24.5 Å². The Balaban J connectivity index is 1.96. The van der Waals surface area contributed by atoms with E-state index in [-0.39, 0.29) is 17.9 Å². The van der Waals surface area contributed by atoms with Gasteiger partial charge in [0.15, 0.2) is 0 Å². The fourth-order valence-corrected chi connectivity index (χ4v) is 3.08. The fraction of sp³-hybridized carbons (Fsp3) is 0.632. The number of aromatic nitrogens is 1. The first kappa shape index (κ1) is 19.2. The molecule has 1 aliphatic rings. The molecule has 0 radical (unpaired) electrons. The average Bonchev–Trinajstić information content (AvgIpc) is 2.77. The van der Waals surface area contributed by atoms with Crippen LogP contribution in [-0.4, -0.2) is 28.6 Å². The summed E-state index contributed by atoms with van der Waals surface area (Å²) < 4.78 is 5.35. The van der Waals surface area contributed by atoms with Gasteiger partial charge in [-0.05, 0) is 45.2 Å². The van der Waals surface area contributed by atoms with Crippen LogP contribution < -0.4 is 10.6 Å². The largest absolute Gasteiger partial charge is 0.444 e. The van der Waals surface area contributed by atoms with Gasteiger partial charge in [0, 0.05) is 25.0 Å². The number of alkyl carbamates (subject to hydrolysis) is 1. The first-order valence-electron chi connectivity index (χ1n) is 9.01. The molecule has 2 atom stereocenters. The lowest BCUT2D eigenvalue weighted by Crippen LogP contribution is -2.47. The van der Waals surface area contributed by atoms with Crippen molar-refractivity contribution < 1.29 is 14.3 Å². The molecule has 2 rings (SSSR count). The SMILES string of the molecule is CC(C)(C)OC(=O)N[C@H]1CCCCC[C@@H]1C(=O)NCc1cccnc1. The molecule has 0 unspecified atom stereocenters. The zero-order valence-electron chi connectivity index (χ0n) is 15.4. The molecular weight excluding hydrogens is 318 g/mol. The topological polar surface area (TPSA) is 80.3 Å². The van der Waals surface area contributed by atoms with Crippen molar-refractivity contribution in [2.75, 3.05) is 0 Å². The number of hydrogen-bond donors (Lipinski definition) is 2. The second kappa shape index (κ2) is 8.83. The molecular formula is C19H29N3O3. The molecule has 0 spiro atoms. The van der Waals surface area contributed by atoms with Gasteiger partial charge in [-0.1, -0.05) is 25.3 Å². The summed E-state index contributed by atoms with van der Waals surface area (Å²) in [4.78, 5) is 28.8. The molecule has 1 aliphatic carbocycles. The second-order valence-corrected chi connectivity index (χ2v) is 7.58. The number of carbonyl (C=O) groups is 2. The van der Waals surface area contributed by atoms with Crippen molar-refractivity contribution in [2.45, 2.75) is 71.1 Å². The summed E-state index contributed by atoms with van der Waals surface area (Å²) >= 11 is 0. The number of amides is 2. The number of rotatable bonds is 4. The van der Waals surface area contributed by atoms with Gasteiger partial charge in [0.2, 0.25) is 5.91 Å². The smallest absolute Gasteiger partial charge is 0.407 e. The van der Waals surface area contributed by atoms with Gasteiger partial charge in [0.25, 0.3) is 0 Å². The summed E-state index contributed by atoms with van der Waals surface area (Å²) in [6, 6.07) is 3.59. The van der Waals surface area contributed by atoms with E-state index in [1.54, 1.807) is 12.4 Å². The molecule has 6 nitrogen and oxygen atoms in total. The Labute approximate surface area is 149 Å². The monoisotopic (exact) mass is 347 g/mol. The summed E-state index contributed by atoms with van der Waals surface area (Å²) in [5.74, 6) is -0.251. The molecule has 1 saturated carbocycles. The lowest BCUT2D eigenvalue weighted by Gasteiger charge is -2.27. The third-order valence-corrected chi connectivity index (χ3v) is 4.24. The highest BCUT2D eigenvalue weighted by molar-refractivity contribution is 5.80. The highest BCUT2D eigenvalue weighted by atomic mass is 16.6. The number of nitrogens with one attached hydrogen (secondary N) is 2. The van der Waals surface area contributed by atoms with Gasteiger partial charge in [-0.25, -0.2) is 4.79 Å². The Bertz CT molecular complexity index is 569. The van der Waals surface area contributed by atoms with E-state index in [1.165, 1.54) is 0 Å². The van der Waals surface area contributed by atoms with Crippen LogP contribution in [0.1, 0.15) is 58.4 Å². The molecule has 0 saturated heterocycles. The summed E-state index contributed by atoms with van der Waals surface area (Å²) in [5, 5.41) is 5.89. The highest BCUT2D eigenvalue weighted by Gasteiger charge is 2.31. The summed E-state index contributed by atoms with van der Waals surface area (Å²) in [6.45, 7) is 5.94. The minimum atomic E-state index is -0.549. The van der Waals surface area contributed by atoms with Crippen molar-refractivity contribution in [3.05, 3.63) is 30.1 Å². The maximum absolute atomic E-state index is 12.7. The van der Waals surface area contributed by atoms with Crippen LogP contribution in [0.2, 0.25) is 0 Å². The van der Waals surface area contributed by atoms with Gasteiger partial charge in [-0.15, -0.1) is 0 Å². The summed E-state index contributed by atoms with van der Waals surface area (Å²) in [5.41, 5.74) is 0.411. The Morgan fingerprint density at radius 3 is 2.68 bits per heavy atom. The lowest BCUT2D eigenvalue weighted by molar-refractivity contribution is -0.126. The van der Waals surface area contributed by atoms with Crippen LogP contribution >= 0.6 is 0 Å². The van der Waals surface area contributed by atoms with Crippen molar-refractivity contribution in [1.82, 2.24) is 15.6 Å². The Morgan fingerprint density at radius 2 is 2.00 bits per heavy atom. The van der Waals surface area contributed by atoms with Gasteiger partial charge < -0.3 is 15.4 Å². The molecule has 0 bridgehead atoms. The predicted molar refractivity (Wildman–Crippen MR) is 95.8 cm³/mol. The number of hydrogen-bond acceptors (Lipinski definition) is 4. The van der Waals surface area contributed by atoms with Gasteiger partial charge in [-0.3, -0.25) is 9.78 Å². The first-order chi connectivity index (χ1) is 11.8. The maximum Gasteiger partial charge on any atom is 0.407 e. The third kappa shape index (κ3) is 6.72. The molecule has 2 amide bonds. The van der Waals surface area contributed by atoms with Crippen molar-refractivity contribution in [1.29, 1.82) is 0 Å². The van der Waals surface area contributed by atoms with E-state index in [0.29, 0.717) is 6.54 Å². The van der Waals surface area contributed by atoms with Crippen LogP contribution in [0.5, 0.6) is 0 Å². The van der Waals surface area contributed by atoms with E-state index in [4.69, 9.17) is 4.74 Å². The molecule has 1 fully saturated rings. The molecule has 2 N–H and O–H groups in total. The van der Waals surface area contributed by atoms with E-state index in [0.717, 1.165) is 37.7 Å². The fourth-order valence-electron chi connectivity index (χ4n) is 3.08. The molecule has 138 valence electrons. The molecule has 1 aromatic rings. The molecule has 25 heavy (non-hydrogen) atoms. The molecule has 6 heteroatoms. The van der Waals surface area contributed by atoms with Gasteiger partial charge in [0.05, 0.1) is 5.92 Å². The predicted octanol–water partition coefficient (Wildman–Crippen LogP) is 3.17. The molecule has 1 heterocycles. The van der Waals surface area contributed by atoms with Gasteiger partial charge in [-0.2, -0.15) is 0 Å². The quantitative estimate of drug-likeness (QED) is 0.820. The van der Waals surface area contributed by atoms with E-state index in [1.807, 2.05) is 32.9 Å². The number of carbonyl (C=O) groups excluding carboxylic acids is 2. The van der Waals surface area contributed by atoms with Crippen LogP contribution in [0.4, 0.5) is 4.79 Å². The highest BCUT2D eigenvalue weighted by Crippen LogP contribution is 2.24. The zero-order valence-corrected chi connectivity index (χ0v) is 15.4. The van der Waals surface area contributed by atoms with Crippen LogP contribution in [-0.2, 0) is 16.1 Å². The number of pyridine rings is 1. The minimum Gasteiger partial charge on any atom is -0.444 e. The van der Waals surface area contributed by atoms with E-state index in [2.05, 4.69) is 15.6 Å². The Kier molecular flexibility index (Phi) is 6.79. The van der Waals surface area contributed by atoms with Crippen LogP contribution in [0.25, 0.3) is 0 Å². The molecule has 0 aromatic carbocycles. The second-order valence-electron chi connectivity index (χ2n) is 7.58. The molecule has 0 aliphatic heterocycles. The summed E-state index contributed by atoms with van der Waals surface area (Å²) in [7, 11) is 0. The average molecular weight is 347 g/mol.